The molecule has 0 bridgehead atoms. The maximum atomic E-state index is 5.18. The number of hydrogen-bond acceptors (Lipinski definition) is 1. The van der Waals surface area contributed by atoms with Crippen LogP contribution < -0.4 is 0 Å². The summed E-state index contributed by atoms with van der Waals surface area (Å²) in [5.74, 6) is 0. The van der Waals surface area contributed by atoms with Gasteiger partial charge in [0.1, 0.15) is 0 Å². The van der Waals surface area contributed by atoms with E-state index in [0.717, 1.165) is 13.2 Å². The van der Waals surface area contributed by atoms with Crippen LogP contribution in [0.1, 0.15) is 39.5 Å². The largest absolute Gasteiger partial charge is 0.382 e. The maximum Gasteiger partial charge on any atom is 0.0465 e. The van der Waals surface area contributed by atoms with E-state index in [4.69, 9.17) is 4.74 Å². The van der Waals surface area contributed by atoms with Crippen molar-refractivity contribution >= 4 is 0 Å². The molecule has 2 heteroatoms. The molecule has 0 aromatic rings. The minimum Gasteiger partial charge on any atom is -0.382 e. The predicted octanol–water partition coefficient (Wildman–Crippen LogP) is 2.60. The van der Waals surface area contributed by atoms with Gasteiger partial charge in [-0.2, -0.15) is 0 Å². The van der Waals surface area contributed by atoms with Gasteiger partial charge < -0.3 is 4.74 Å². The van der Waals surface area contributed by atoms with E-state index in [-0.39, 0.29) is 26.2 Å². The van der Waals surface area contributed by atoms with Crippen LogP contribution in [-0.2, 0) is 30.9 Å². The molecule has 10 heavy (non-hydrogen) atoms. The van der Waals surface area contributed by atoms with Crippen LogP contribution in [0.3, 0.4) is 0 Å². The van der Waals surface area contributed by atoms with Gasteiger partial charge in [0.05, 0.1) is 0 Å². The Hall–Kier alpha value is 0.843. The van der Waals surface area contributed by atoms with Gasteiger partial charge in [-0.15, -0.1) is 0 Å². The van der Waals surface area contributed by atoms with Gasteiger partial charge in [-0.1, -0.05) is 26.2 Å². The summed E-state index contributed by atoms with van der Waals surface area (Å²) in [6.45, 7) is 6.09. The molecule has 0 aromatic heterocycles. The van der Waals surface area contributed by atoms with Crippen LogP contribution in [0, 0.1) is 0 Å². The van der Waals surface area contributed by atoms with Crippen molar-refractivity contribution in [1.29, 1.82) is 0 Å². The van der Waals surface area contributed by atoms with Crippen molar-refractivity contribution in [3.8, 4) is 0 Å². The quantitative estimate of drug-likeness (QED) is 0.627. The first kappa shape index (κ1) is 13.4. The van der Waals surface area contributed by atoms with E-state index in [1.54, 1.807) is 0 Å². The monoisotopic (exact) mass is 220 g/mol. The van der Waals surface area contributed by atoms with Crippen molar-refractivity contribution in [3.05, 3.63) is 0 Å². The van der Waals surface area contributed by atoms with E-state index in [2.05, 4.69) is 6.92 Å². The van der Waals surface area contributed by atoms with Crippen LogP contribution in [0.4, 0.5) is 0 Å². The second-order valence-electron chi connectivity index (χ2n) is 2.26. The molecule has 0 radical (unpaired) electrons. The Balaban J connectivity index is 0. The third-order valence-electron chi connectivity index (χ3n) is 1.35. The number of hydrogen-bond donors (Lipinski definition) is 0. The van der Waals surface area contributed by atoms with Crippen LogP contribution in [0.15, 0.2) is 0 Å². The molecule has 60 valence electrons. The standard InChI is InChI=1S/C8H18O.Zr/c1-3-5-6-7-8-9-4-2;/h3-8H2,1-2H3;. The third kappa shape index (κ3) is 11.6. The molecule has 0 aliphatic rings. The molecule has 1 nitrogen and oxygen atoms in total. The molecule has 0 fully saturated rings. The SMILES string of the molecule is CCCCCCOCC.[Zr]. The summed E-state index contributed by atoms with van der Waals surface area (Å²) in [5, 5.41) is 0. The summed E-state index contributed by atoms with van der Waals surface area (Å²) in [6, 6.07) is 0. The Morgan fingerprint density at radius 3 is 2.20 bits per heavy atom. The molecule has 0 aliphatic carbocycles. The Bertz CT molecular complexity index is 42.5. The van der Waals surface area contributed by atoms with Gasteiger partial charge in [0.15, 0.2) is 0 Å². The average molecular weight is 221 g/mol. The van der Waals surface area contributed by atoms with Gasteiger partial charge in [0.2, 0.25) is 0 Å². The fraction of sp³-hybridized carbons (Fsp3) is 1.00. The van der Waals surface area contributed by atoms with Crippen molar-refractivity contribution in [2.45, 2.75) is 39.5 Å². The van der Waals surface area contributed by atoms with Crippen molar-refractivity contribution in [3.63, 3.8) is 0 Å². The molecule has 0 aliphatic heterocycles. The molecule has 0 N–H and O–H groups in total. The van der Waals surface area contributed by atoms with E-state index in [1.165, 1.54) is 25.7 Å². The topological polar surface area (TPSA) is 9.23 Å². The van der Waals surface area contributed by atoms with Crippen molar-refractivity contribution in [2.75, 3.05) is 13.2 Å². The molecule has 0 unspecified atom stereocenters. The summed E-state index contributed by atoms with van der Waals surface area (Å²) < 4.78 is 5.18. The first-order valence-corrected chi connectivity index (χ1v) is 3.99. The van der Waals surface area contributed by atoms with Gasteiger partial charge in [-0.05, 0) is 13.3 Å². The van der Waals surface area contributed by atoms with E-state index in [1.807, 2.05) is 6.92 Å². The van der Waals surface area contributed by atoms with Crippen molar-refractivity contribution in [2.24, 2.45) is 0 Å². The molecule has 0 spiro atoms. The Kier molecular flexibility index (Phi) is 16.8. The zero-order valence-electron chi connectivity index (χ0n) is 7.15. The molecular weight excluding hydrogens is 203 g/mol. The predicted molar refractivity (Wildman–Crippen MR) is 40.6 cm³/mol. The van der Waals surface area contributed by atoms with Crippen LogP contribution in [0.5, 0.6) is 0 Å². The number of unbranched alkanes of at least 4 members (excludes halogenated alkanes) is 3. The summed E-state index contributed by atoms with van der Waals surface area (Å²) in [6.07, 6.45) is 5.23. The van der Waals surface area contributed by atoms with Crippen LogP contribution >= 0.6 is 0 Å². The Labute approximate surface area is 83.7 Å². The Morgan fingerprint density at radius 1 is 1.00 bits per heavy atom. The second-order valence-corrected chi connectivity index (χ2v) is 2.26. The third-order valence-corrected chi connectivity index (χ3v) is 1.35. The molecule has 0 aromatic carbocycles. The summed E-state index contributed by atoms with van der Waals surface area (Å²) in [5.41, 5.74) is 0. The molecule has 0 heterocycles. The van der Waals surface area contributed by atoms with Gasteiger partial charge in [-0.3, -0.25) is 0 Å². The normalized spacial score (nSPS) is 9.00. The fourth-order valence-electron chi connectivity index (χ4n) is 0.775. The van der Waals surface area contributed by atoms with E-state index >= 15 is 0 Å². The molecular formula is C8H18OZr. The van der Waals surface area contributed by atoms with Gasteiger partial charge in [0.25, 0.3) is 0 Å². The minimum atomic E-state index is 0. The maximum absolute atomic E-state index is 5.18. The summed E-state index contributed by atoms with van der Waals surface area (Å²) in [7, 11) is 0. The average Bonchev–Trinajstić information content (AvgIpc) is 1.89. The van der Waals surface area contributed by atoms with Gasteiger partial charge >= 0.3 is 0 Å². The summed E-state index contributed by atoms with van der Waals surface area (Å²) in [4.78, 5) is 0. The Morgan fingerprint density at radius 2 is 1.70 bits per heavy atom. The van der Waals surface area contributed by atoms with Crippen LogP contribution in [0.2, 0.25) is 0 Å². The fourth-order valence-corrected chi connectivity index (χ4v) is 0.775. The van der Waals surface area contributed by atoms with Crippen molar-refractivity contribution < 1.29 is 30.9 Å². The van der Waals surface area contributed by atoms with Crippen LogP contribution in [0.25, 0.3) is 0 Å². The molecule has 0 saturated carbocycles. The second kappa shape index (κ2) is 12.5. The first-order chi connectivity index (χ1) is 4.41. The minimum absolute atomic E-state index is 0. The molecule has 0 rings (SSSR count). The van der Waals surface area contributed by atoms with Crippen molar-refractivity contribution in [1.82, 2.24) is 0 Å². The van der Waals surface area contributed by atoms with E-state index < -0.39 is 0 Å². The smallest absolute Gasteiger partial charge is 0.0465 e. The number of rotatable bonds is 6. The summed E-state index contributed by atoms with van der Waals surface area (Å²) >= 11 is 0. The molecule has 0 saturated heterocycles. The van der Waals surface area contributed by atoms with Crippen LogP contribution in [-0.4, -0.2) is 13.2 Å². The first-order valence-electron chi connectivity index (χ1n) is 3.99. The van der Waals surface area contributed by atoms with Gasteiger partial charge in [-0.25, -0.2) is 0 Å². The van der Waals surface area contributed by atoms with E-state index in [9.17, 15) is 0 Å². The zero-order valence-corrected chi connectivity index (χ0v) is 9.61. The number of ether oxygens (including phenoxy) is 1. The van der Waals surface area contributed by atoms with Gasteiger partial charge in [0, 0.05) is 39.4 Å². The van der Waals surface area contributed by atoms with E-state index in [0.29, 0.717) is 0 Å². The molecule has 0 amide bonds. The zero-order chi connectivity index (χ0) is 6.95. The molecule has 0 atom stereocenters.